The number of aromatic nitrogens is 2. The Bertz CT molecular complexity index is 1060. The zero-order valence-corrected chi connectivity index (χ0v) is 24.3. The van der Waals surface area contributed by atoms with Crippen molar-refractivity contribution in [3.63, 3.8) is 0 Å². The minimum absolute atomic E-state index is 0. The molecule has 4 aromatic rings. The molecule has 2 nitrogen and oxygen atoms in total. The second-order valence-corrected chi connectivity index (χ2v) is 8.83. The van der Waals surface area contributed by atoms with Gasteiger partial charge in [-0.2, -0.15) is 4.57 Å². The molecular formula is C28H37I2N2+. The first-order valence-corrected chi connectivity index (χ1v) is 12.9. The molecule has 0 radical (unpaired) electrons. The molecule has 0 aliphatic rings. The molecule has 0 N–H and O–H groups in total. The van der Waals surface area contributed by atoms with E-state index in [1.807, 2.05) is 30.5 Å². The van der Waals surface area contributed by atoms with Crippen molar-refractivity contribution in [2.24, 2.45) is 0 Å². The summed E-state index contributed by atoms with van der Waals surface area (Å²) in [4.78, 5) is 4.24. The van der Waals surface area contributed by atoms with Crippen LogP contribution in [0.3, 0.4) is 0 Å². The average Bonchev–Trinajstić information content (AvgIpc) is 2.81. The van der Waals surface area contributed by atoms with Gasteiger partial charge in [-0.15, -0.1) is 24.0 Å². The van der Waals surface area contributed by atoms with Crippen LogP contribution in [0, 0.1) is 13.8 Å². The van der Waals surface area contributed by atoms with E-state index in [4.69, 9.17) is 0 Å². The van der Waals surface area contributed by atoms with Gasteiger partial charge in [0.2, 0.25) is 5.52 Å². The predicted molar refractivity (Wildman–Crippen MR) is 159 cm³/mol. The lowest BCUT2D eigenvalue weighted by molar-refractivity contribution is -0.671. The molecule has 2 heterocycles. The lowest BCUT2D eigenvalue weighted by Crippen LogP contribution is -2.34. The maximum atomic E-state index is 4.24. The van der Waals surface area contributed by atoms with Crippen LogP contribution < -0.4 is 4.57 Å². The molecule has 2 aromatic carbocycles. The minimum atomic E-state index is 0. The summed E-state index contributed by atoms with van der Waals surface area (Å²) in [6.07, 6.45) is 9.25. The normalized spacial score (nSPS) is 9.91. The smallest absolute Gasteiger partial charge is 0.212 e. The Hall–Kier alpha value is -1.28. The molecule has 0 atom stereocenters. The number of alkyl halides is 1. The Balaban J connectivity index is 0.000000266. The quantitative estimate of drug-likeness (QED) is 0.120. The van der Waals surface area contributed by atoms with Crippen LogP contribution in [0.25, 0.3) is 21.8 Å². The highest BCUT2D eigenvalue weighted by molar-refractivity contribution is 14.1. The zero-order chi connectivity index (χ0) is 22.5. The fourth-order valence-corrected chi connectivity index (χ4v) is 4.09. The minimum Gasteiger partial charge on any atom is -0.256 e. The standard InChI is InChI=1S/C14H18N.C10H9N.C4H9I.HI/c1-3-4-10-15-11-9-12(2)13-7-5-6-8-14(13)15;1-8-6-7-11-10-5-3-2-4-9(8)10;1-2-3-4-5;/h5-9,11H,3-4,10H2,1-2H3;2-7H,1H3;2-4H2,1H3;1H/q+1;;;. The molecule has 4 rings (SSSR count). The van der Waals surface area contributed by atoms with Crippen LogP contribution in [0.4, 0.5) is 0 Å². The molecule has 0 aliphatic heterocycles. The third kappa shape index (κ3) is 8.93. The summed E-state index contributed by atoms with van der Waals surface area (Å²) in [6, 6.07) is 21.0. The van der Waals surface area contributed by atoms with Gasteiger partial charge in [0.05, 0.1) is 5.52 Å². The number of fused-ring (bicyclic) bond motifs is 2. The van der Waals surface area contributed by atoms with Gasteiger partial charge in [-0.25, -0.2) is 0 Å². The van der Waals surface area contributed by atoms with E-state index in [0.29, 0.717) is 0 Å². The summed E-state index contributed by atoms with van der Waals surface area (Å²) in [5.74, 6) is 0. The second-order valence-electron chi connectivity index (χ2n) is 7.75. The molecule has 0 saturated heterocycles. The molecule has 4 heteroatoms. The fourth-order valence-electron chi connectivity index (χ4n) is 3.33. The van der Waals surface area contributed by atoms with E-state index in [9.17, 15) is 0 Å². The largest absolute Gasteiger partial charge is 0.256 e. The van der Waals surface area contributed by atoms with E-state index in [-0.39, 0.29) is 24.0 Å². The van der Waals surface area contributed by atoms with Crippen LogP contribution in [0.15, 0.2) is 73.1 Å². The van der Waals surface area contributed by atoms with Crippen molar-refractivity contribution in [1.29, 1.82) is 0 Å². The number of nitrogens with zero attached hydrogens (tertiary/aromatic N) is 2. The lowest BCUT2D eigenvalue weighted by Gasteiger charge is -2.02. The third-order valence-corrected chi connectivity index (χ3v) is 6.01. The molecule has 0 amide bonds. The van der Waals surface area contributed by atoms with E-state index in [0.717, 1.165) is 12.1 Å². The Labute approximate surface area is 225 Å². The summed E-state index contributed by atoms with van der Waals surface area (Å²) < 4.78 is 3.67. The third-order valence-electron chi connectivity index (χ3n) is 5.25. The van der Waals surface area contributed by atoms with Crippen molar-refractivity contribution in [2.75, 3.05) is 4.43 Å². The Morgan fingerprint density at radius 1 is 0.781 bits per heavy atom. The number of pyridine rings is 2. The molecule has 0 aliphatic carbocycles. The van der Waals surface area contributed by atoms with Crippen LogP contribution in [-0.4, -0.2) is 9.41 Å². The monoisotopic (exact) mass is 655 g/mol. The van der Waals surface area contributed by atoms with Crippen molar-refractivity contribution in [3.8, 4) is 0 Å². The summed E-state index contributed by atoms with van der Waals surface area (Å²) in [6.45, 7) is 9.84. The summed E-state index contributed by atoms with van der Waals surface area (Å²) >= 11 is 2.39. The molecule has 0 spiro atoms. The average molecular weight is 655 g/mol. The number of hydrogen-bond acceptors (Lipinski definition) is 1. The van der Waals surface area contributed by atoms with E-state index in [1.54, 1.807) is 0 Å². The van der Waals surface area contributed by atoms with E-state index >= 15 is 0 Å². The van der Waals surface area contributed by atoms with Crippen LogP contribution in [-0.2, 0) is 6.54 Å². The van der Waals surface area contributed by atoms with Gasteiger partial charge in [-0.05, 0) is 54.0 Å². The van der Waals surface area contributed by atoms with Crippen molar-refractivity contribution in [2.45, 2.75) is 59.9 Å². The fraction of sp³-hybridized carbons (Fsp3) is 0.357. The number of hydrogen-bond donors (Lipinski definition) is 0. The van der Waals surface area contributed by atoms with Crippen molar-refractivity contribution >= 4 is 68.4 Å². The van der Waals surface area contributed by atoms with Crippen LogP contribution in [0.5, 0.6) is 0 Å². The zero-order valence-electron chi connectivity index (χ0n) is 19.9. The first kappa shape index (κ1) is 28.8. The molecule has 0 bridgehead atoms. The van der Waals surface area contributed by atoms with Crippen LogP contribution in [0.2, 0.25) is 0 Å². The molecular weight excluding hydrogens is 618 g/mol. The highest BCUT2D eigenvalue weighted by Crippen LogP contribution is 2.14. The highest BCUT2D eigenvalue weighted by Gasteiger charge is 2.08. The van der Waals surface area contributed by atoms with Gasteiger partial charge in [-0.3, -0.25) is 4.98 Å². The highest BCUT2D eigenvalue weighted by atomic mass is 127. The maximum Gasteiger partial charge on any atom is 0.212 e. The van der Waals surface area contributed by atoms with Gasteiger partial charge < -0.3 is 0 Å². The Morgan fingerprint density at radius 2 is 1.41 bits per heavy atom. The van der Waals surface area contributed by atoms with Gasteiger partial charge in [0, 0.05) is 35.5 Å². The SMILES string of the molecule is CCCCI.CCCC[n+]1ccc(C)c2ccccc21.Cc1ccnc2ccccc12.I. The Morgan fingerprint density at radius 3 is 2.03 bits per heavy atom. The van der Waals surface area contributed by atoms with Gasteiger partial charge >= 0.3 is 0 Å². The first-order valence-electron chi connectivity index (χ1n) is 11.4. The van der Waals surface area contributed by atoms with Crippen LogP contribution in [0.1, 0.15) is 50.7 Å². The van der Waals surface area contributed by atoms with Gasteiger partial charge in [0.25, 0.3) is 0 Å². The van der Waals surface area contributed by atoms with E-state index in [1.165, 1.54) is 57.5 Å². The van der Waals surface area contributed by atoms with Gasteiger partial charge in [0.1, 0.15) is 6.54 Å². The van der Waals surface area contributed by atoms with Crippen LogP contribution >= 0.6 is 46.6 Å². The molecule has 172 valence electrons. The summed E-state index contributed by atoms with van der Waals surface area (Å²) in [5.41, 5.74) is 5.08. The number of benzene rings is 2. The van der Waals surface area contributed by atoms with Crippen molar-refractivity contribution in [3.05, 3.63) is 84.2 Å². The van der Waals surface area contributed by atoms with Crippen molar-refractivity contribution < 1.29 is 4.57 Å². The molecule has 32 heavy (non-hydrogen) atoms. The van der Waals surface area contributed by atoms with Gasteiger partial charge in [-0.1, -0.05) is 79.6 Å². The summed E-state index contributed by atoms with van der Waals surface area (Å²) in [5, 5.41) is 2.62. The first-order chi connectivity index (χ1) is 15.1. The van der Waals surface area contributed by atoms with Gasteiger partial charge in [0.15, 0.2) is 6.20 Å². The van der Waals surface area contributed by atoms with Crippen molar-refractivity contribution in [1.82, 2.24) is 4.98 Å². The Kier molecular flexibility index (Phi) is 14.7. The number of rotatable bonds is 5. The number of aryl methyl sites for hydroxylation is 3. The predicted octanol–water partition coefficient (Wildman–Crippen LogP) is 8.62. The molecule has 2 aromatic heterocycles. The number of unbranched alkanes of at least 4 members (excludes halogenated alkanes) is 2. The maximum absolute atomic E-state index is 4.24. The molecule has 0 fully saturated rings. The molecule has 0 saturated carbocycles. The topological polar surface area (TPSA) is 16.8 Å². The summed E-state index contributed by atoms with van der Waals surface area (Å²) in [7, 11) is 0. The lowest BCUT2D eigenvalue weighted by atomic mass is 10.1. The number of halogens is 2. The second kappa shape index (κ2) is 16.4. The van der Waals surface area contributed by atoms with E-state index < -0.39 is 0 Å². The number of para-hydroxylation sites is 2. The molecule has 0 unspecified atom stereocenters. The van der Waals surface area contributed by atoms with E-state index in [2.05, 4.69) is 102 Å².